The standard InChI is InChI=1S/C15H15NO2S/c17-11-15(18)16-10-12-6-4-5-9-14(12)19-13-7-2-1-3-8-13/h1-9,17H,10-11H2,(H,16,18). The molecule has 0 saturated carbocycles. The Morgan fingerprint density at radius 1 is 1.05 bits per heavy atom. The highest BCUT2D eigenvalue weighted by Gasteiger charge is 2.05. The number of nitrogens with one attached hydrogen (secondary N) is 1. The third-order valence-corrected chi connectivity index (χ3v) is 3.69. The Morgan fingerprint density at radius 3 is 2.47 bits per heavy atom. The van der Waals surface area contributed by atoms with E-state index in [0.29, 0.717) is 6.54 Å². The number of hydrogen-bond donors (Lipinski definition) is 2. The minimum Gasteiger partial charge on any atom is -0.387 e. The van der Waals surface area contributed by atoms with E-state index in [-0.39, 0.29) is 5.91 Å². The fraction of sp³-hybridized carbons (Fsp3) is 0.133. The lowest BCUT2D eigenvalue weighted by Crippen LogP contribution is -2.25. The predicted octanol–water partition coefficient (Wildman–Crippen LogP) is 2.45. The number of aliphatic hydroxyl groups excluding tert-OH is 1. The summed E-state index contributed by atoms with van der Waals surface area (Å²) in [7, 11) is 0. The monoisotopic (exact) mass is 273 g/mol. The molecule has 2 aromatic rings. The maximum absolute atomic E-state index is 11.1. The summed E-state index contributed by atoms with van der Waals surface area (Å²) < 4.78 is 0. The molecule has 0 spiro atoms. The molecule has 0 aliphatic rings. The predicted molar refractivity (Wildman–Crippen MR) is 75.9 cm³/mol. The zero-order valence-corrected chi connectivity index (χ0v) is 11.2. The minimum absolute atomic E-state index is 0.362. The Kier molecular flexibility index (Phi) is 5.01. The van der Waals surface area contributed by atoms with E-state index in [1.165, 1.54) is 0 Å². The molecule has 0 radical (unpaired) electrons. The van der Waals surface area contributed by atoms with Gasteiger partial charge in [-0.25, -0.2) is 0 Å². The Hall–Kier alpha value is -1.78. The third kappa shape index (κ3) is 4.12. The second-order valence-corrected chi connectivity index (χ2v) is 5.07. The molecule has 0 bridgehead atoms. The zero-order chi connectivity index (χ0) is 13.5. The molecule has 0 fully saturated rings. The second kappa shape index (κ2) is 6.97. The second-order valence-electron chi connectivity index (χ2n) is 3.96. The number of amides is 1. The van der Waals surface area contributed by atoms with Crippen molar-refractivity contribution in [2.45, 2.75) is 16.3 Å². The average molecular weight is 273 g/mol. The van der Waals surface area contributed by atoms with Crippen LogP contribution >= 0.6 is 11.8 Å². The maximum Gasteiger partial charge on any atom is 0.245 e. The molecular formula is C15H15NO2S. The number of aliphatic hydroxyl groups is 1. The van der Waals surface area contributed by atoms with Gasteiger partial charge in [0, 0.05) is 16.3 Å². The van der Waals surface area contributed by atoms with Gasteiger partial charge in [0.15, 0.2) is 0 Å². The molecule has 2 N–H and O–H groups in total. The fourth-order valence-electron chi connectivity index (χ4n) is 1.61. The van der Waals surface area contributed by atoms with Gasteiger partial charge in [-0.3, -0.25) is 4.79 Å². The topological polar surface area (TPSA) is 49.3 Å². The quantitative estimate of drug-likeness (QED) is 0.879. The first-order chi connectivity index (χ1) is 9.29. The van der Waals surface area contributed by atoms with Crippen molar-refractivity contribution in [3.63, 3.8) is 0 Å². The van der Waals surface area contributed by atoms with Crippen LogP contribution in [-0.4, -0.2) is 17.6 Å². The molecule has 2 aromatic carbocycles. The van der Waals surface area contributed by atoms with E-state index in [4.69, 9.17) is 5.11 Å². The van der Waals surface area contributed by atoms with Gasteiger partial charge in [0.2, 0.25) is 5.91 Å². The van der Waals surface area contributed by atoms with Gasteiger partial charge in [-0.05, 0) is 23.8 Å². The van der Waals surface area contributed by atoms with Gasteiger partial charge in [-0.2, -0.15) is 0 Å². The van der Waals surface area contributed by atoms with Crippen LogP contribution in [0.25, 0.3) is 0 Å². The van der Waals surface area contributed by atoms with Crippen LogP contribution in [-0.2, 0) is 11.3 Å². The molecule has 0 heterocycles. The maximum atomic E-state index is 11.1. The van der Waals surface area contributed by atoms with Crippen LogP contribution in [0.4, 0.5) is 0 Å². The Labute approximate surface area is 116 Å². The highest BCUT2D eigenvalue weighted by molar-refractivity contribution is 7.99. The molecule has 1 amide bonds. The summed E-state index contributed by atoms with van der Waals surface area (Å²) in [6.45, 7) is -0.0522. The first kappa shape index (κ1) is 13.6. The smallest absolute Gasteiger partial charge is 0.245 e. The van der Waals surface area contributed by atoms with Gasteiger partial charge < -0.3 is 10.4 Å². The van der Waals surface area contributed by atoms with Crippen molar-refractivity contribution in [3.05, 3.63) is 60.2 Å². The molecular weight excluding hydrogens is 258 g/mol. The highest BCUT2D eigenvalue weighted by atomic mass is 32.2. The number of hydrogen-bond acceptors (Lipinski definition) is 3. The number of benzene rings is 2. The van der Waals surface area contributed by atoms with Crippen molar-refractivity contribution in [2.24, 2.45) is 0 Å². The summed E-state index contributed by atoms with van der Waals surface area (Å²) in [5.41, 5.74) is 1.04. The molecule has 3 nitrogen and oxygen atoms in total. The van der Waals surface area contributed by atoms with Crippen LogP contribution in [0.2, 0.25) is 0 Å². The molecule has 0 aliphatic heterocycles. The Morgan fingerprint density at radius 2 is 1.74 bits per heavy atom. The van der Waals surface area contributed by atoms with Crippen LogP contribution in [0.3, 0.4) is 0 Å². The average Bonchev–Trinajstić information content (AvgIpc) is 2.47. The van der Waals surface area contributed by atoms with Crippen molar-refractivity contribution >= 4 is 17.7 Å². The Bertz CT molecular complexity index is 543. The SMILES string of the molecule is O=C(CO)NCc1ccccc1Sc1ccccc1. The summed E-state index contributed by atoms with van der Waals surface area (Å²) in [5, 5.41) is 11.4. The van der Waals surface area contributed by atoms with Crippen LogP contribution in [0.1, 0.15) is 5.56 Å². The van der Waals surface area contributed by atoms with Gasteiger partial charge in [-0.1, -0.05) is 48.2 Å². The lowest BCUT2D eigenvalue weighted by molar-refractivity contribution is -0.123. The molecule has 4 heteroatoms. The fourth-order valence-corrected chi connectivity index (χ4v) is 2.58. The summed E-state index contributed by atoms with van der Waals surface area (Å²) in [5.74, 6) is -0.362. The third-order valence-electron chi connectivity index (χ3n) is 2.56. The van der Waals surface area contributed by atoms with Crippen LogP contribution in [0, 0.1) is 0 Å². The van der Waals surface area contributed by atoms with E-state index >= 15 is 0 Å². The largest absolute Gasteiger partial charge is 0.387 e. The molecule has 0 unspecified atom stereocenters. The molecule has 19 heavy (non-hydrogen) atoms. The van der Waals surface area contributed by atoms with E-state index < -0.39 is 6.61 Å². The van der Waals surface area contributed by atoms with Crippen LogP contribution in [0.15, 0.2) is 64.4 Å². The van der Waals surface area contributed by atoms with Crippen molar-refractivity contribution < 1.29 is 9.90 Å². The van der Waals surface area contributed by atoms with E-state index in [1.807, 2.05) is 54.6 Å². The van der Waals surface area contributed by atoms with Gasteiger partial charge in [0.25, 0.3) is 0 Å². The van der Waals surface area contributed by atoms with Crippen molar-refractivity contribution in [1.29, 1.82) is 0 Å². The first-order valence-corrected chi connectivity index (χ1v) is 6.79. The van der Waals surface area contributed by atoms with Gasteiger partial charge in [0.1, 0.15) is 6.61 Å². The van der Waals surface area contributed by atoms with Crippen molar-refractivity contribution in [1.82, 2.24) is 5.32 Å². The lowest BCUT2D eigenvalue weighted by atomic mass is 10.2. The molecule has 0 aliphatic carbocycles. The first-order valence-electron chi connectivity index (χ1n) is 5.98. The van der Waals surface area contributed by atoms with Crippen molar-refractivity contribution in [2.75, 3.05) is 6.61 Å². The molecule has 98 valence electrons. The molecule has 2 rings (SSSR count). The number of rotatable bonds is 5. The summed E-state index contributed by atoms with van der Waals surface area (Å²) in [4.78, 5) is 13.3. The lowest BCUT2D eigenvalue weighted by Gasteiger charge is -2.09. The van der Waals surface area contributed by atoms with E-state index in [9.17, 15) is 4.79 Å². The summed E-state index contributed by atoms with van der Waals surface area (Å²) in [6.07, 6.45) is 0. The van der Waals surface area contributed by atoms with Crippen LogP contribution in [0.5, 0.6) is 0 Å². The van der Waals surface area contributed by atoms with E-state index in [2.05, 4.69) is 5.32 Å². The number of carbonyl (C=O) groups excluding carboxylic acids is 1. The van der Waals surface area contributed by atoms with Gasteiger partial charge in [-0.15, -0.1) is 0 Å². The van der Waals surface area contributed by atoms with Crippen molar-refractivity contribution in [3.8, 4) is 0 Å². The van der Waals surface area contributed by atoms with Gasteiger partial charge >= 0.3 is 0 Å². The highest BCUT2D eigenvalue weighted by Crippen LogP contribution is 2.30. The molecule has 0 atom stereocenters. The zero-order valence-electron chi connectivity index (χ0n) is 10.4. The summed E-state index contributed by atoms with van der Waals surface area (Å²) in [6, 6.07) is 18.0. The normalized spacial score (nSPS) is 10.2. The van der Waals surface area contributed by atoms with E-state index in [0.717, 1.165) is 15.4 Å². The van der Waals surface area contributed by atoms with Gasteiger partial charge in [0.05, 0.1) is 0 Å². The number of carbonyl (C=O) groups is 1. The minimum atomic E-state index is -0.478. The Balaban J connectivity index is 2.10. The van der Waals surface area contributed by atoms with E-state index in [1.54, 1.807) is 11.8 Å². The van der Waals surface area contributed by atoms with Crippen LogP contribution < -0.4 is 5.32 Å². The molecule has 0 aromatic heterocycles. The summed E-state index contributed by atoms with van der Waals surface area (Å²) >= 11 is 1.66. The molecule has 0 saturated heterocycles.